The second kappa shape index (κ2) is 3.72. The standard InChI is InChI=1S/C14H16N2O2/c17-9-15-5-10-1-2-12(3-11(10)6-15)16-7-14-4-13(16)8-18-14/h1-3,9,13-14H,4-8H2/t13-,14-/m0/s1. The van der Waals surface area contributed by atoms with Gasteiger partial charge >= 0.3 is 0 Å². The molecule has 2 saturated heterocycles. The molecule has 0 aromatic heterocycles. The number of hydrogen-bond acceptors (Lipinski definition) is 3. The minimum Gasteiger partial charge on any atom is -0.374 e. The smallest absolute Gasteiger partial charge is 0.210 e. The van der Waals surface area contributed by atoms with Crippen molar-refractivity contribution in [1.82, 2.24) is 4.90 Å². The number of amides is 1. The number of anilines is 1. The Morgan fingerprint density at radius 3 is 2.89 bits per heavy atom. The summed E-state index contributed by atoms with van der Waals surface area (Å²) in [5.74, 6) is 0. The van der Waals surface area contributed by atoms with Crippen LogP contribution in [-0.4, -0.2) is 36.6 Å². The molecule has 4 nitrogen and oxygen atoms in total. The van der Waals surface area contributed by atoms with Crippen LogP contribution in [0.2, 0.25) is 0 Å². The molecule has 3 aliphatic rings. The summed E-state index contributed by atoms with van der Waals surface area (Å²) in [6.07, 6.45) is 2.53. The van der Waals surface area contributed by atoms with Gasteiger partial charge in [0, 0.05) is 25.3 Å². The van der Waals surface area contributed by atoms with E-state index in [1.165, 1.54) is 16.8 Å². The van der Waals surface area contributed by atoms with Crippen molar-refractivity contribution in [2.24, 2.45) is 0 Å². The van der Waals surface area contributed by atoms with Crippen LogP contribution in [-0.2, 0) is 22.6 Å². The molecule has 0 saturated carbocycles. The van der Waals surface area contributed by atoms with E-state index in [2.05, 4.69) is 23.1 Å². The summed E-state index contributed by atoms with van der Waals surface area (Å²) in [7, 11) is 0. The number of fused-ring (bicyclic) bond motifs is 3. The number of ether oxygens (including phenoxy) is 1. The Labute approximate surface area is 106 Å². The quantitative estimate of drug-likeness (QED) is 0.731. The number of rotatable bonds is 2. The van der Waals surface area contributed by atoms with E-state index in [1.807, 2.05) is 4.90 Å². The summed E-state index contributed by atoms with van der Waals surface area (Å²) in [6, 6.07) is 7.16. The first-order valence-corrected chi connectivity index (χ1v) is 6.53. The lowest BCUT2D eigenvalue weighted by atomic mass is 10.1. The Morgan fingerprint density at radius 2 is 2.17 bits per heavy atom. The van der Waals surface area contributed by atoms with Crippen LogP contribution in [0.5, 0.6) is 0 Å². The van der Waals surface area contributed by atoms with Crippen molar-refractivity contribution >= 4 is 12.1 Å². The summed E-state index contributed by atoms with van der Waals surface area (Å²) in [6.45, 7) is 3.39. The molecule has 0 spiro atoms. The third-order valence-electron chi connectivity index (χ3n) is 4.32. The van der Waals surface area contributed by atoms with Gasteiger partial charge in [0.25, 0.3) is 0 Å². The molecule has 0 unspecified atom stereocenters. The average molecular weight is 244 g/mol. The van der Waals surface area contributed by atoms with Crippen molar-refractivity contribution in [2.75, 3.05) is 18.1 Å². The molecule has 1 amide bonds. The second-order valence-electron chi connectivity index (χ2n) is 5.46. The molecule has 4 heteroatoms. The molecule has 3 heterocycles. The van der Waals surface area contributed by atoms with Gasteiger partial charge < -0.3 is 14.5 Å². The first-order chi connectivity index (χ1) is 8.83. The van der Waals surface area contributed by atoms with Gasteiger partial charge in [-0.1, -0.05) is 6.07 Å². The van der Waals surface area contributed by atoms with E-state index in [1.54, 1.807) is 0 Å². The van der Waals surface area contributed by atoms with Crippen LogP contribution >= 0.6 is 0 Å². The summed E-state index contributed by atoms with van der Waals surface area (Å²) in [5.41, 5.74) is 3.87. The van der Waals surface area contributed by atoms with Crippen LogP contribution in [0.3, 0.4) is 0 Å². The molecule has 3 aliphatic heterocycles. The molecule has 1 aromatic carbocycles. The van der Waals surface area contributed by atoms with Crippen LogP contribution in [0.4, 0.5) is 5.69 Å². The van der Waals surface area contributed by atoms with Crippen LogP contribution in [0.1, 0.15) is 17.5 Å². The summed E-state index contributed by atoms with van der Waals surface area (Å²) in [4.78, 5) is 15.1. The summed E-state index contributed by atoms with van der Waals surface area (Å²) in [5, 5.41) is 0. The highest BCUT2D eigenvalue weighted by Crippen LogP contribution is 2.34. The predicted octanol–water partition coefficient (Wildman–Crippen LogP) is 1.14. The van der Waals surface area contributed by atoms with Gasteiger partial charge in [-0.2, -0.15) is 0 Å². The maximum atomic E-state index is 10.8. The van der Waals surface area contributed by atoms with Crippen molar-refractivity contribution in [1.29, 1.82) is 0 Å². The van der Waals surface area contributed by atoms with Crippen molar-refractivity contribution < 1.29 is 9.53 Å². The third kappa shape index (κ3) is 1.45. The zero-order chi connectivity index (χ0) is 12.1. The molecule has 94 valence electrons. The monoisotopic (exact) mass is 244 g/mol. The largest absolute Gasteiger partial charge is 0.374 e. The molecule has 0 aliphatic carbocycles. The minimum atomic E-state index is 0.426. The molecule has 18 heavy (non-hydrogen) atoms. The van der Waals surface area contributed by atoms with E-state index in [4.69, 9.17) is 4.74 Å². The predicted molar refractivity (Wildman–Crippen MR) is 67.2 cm³/mol. The topological polar surface area (TPSA) is 32.8 Å². The number of carbonyl (C=O) groups is 1. The maximum Gasteiger partial charge on any atom is 0.210 e. The van der Waals surface area contributed by atoms with Gasteiger partial charge in [0.2, 0.25) is 6.41 Å². The number of morpholine rings is 1. The molecule has 1 aromatic rings. The van der Waals surface area contributed by atoms with Gasteiger partial charge in [0.1, 0.15) is 0 Å². The summed E-state index contributed by atoms with van der Waals surface area (Å²) >= 11 is 0. The highest BCUT2D eigenvalue weighted by molar-refractivity contribution is 5.57. The zero-order valence-corrected chi connectivity index (χ0v) is 10.2. The van der Waals surface area contributed by atoms with E-state index in [-0.39, 0.29) is 0 Å². The molecule has 2 fully saturated rings. The van der Waals surface area contributed by atoms with Crippen molar-refractivity contribution in [2.45, 2.75) is 31.7 Å². The van der Waals surface area contributed by atoms with Crippen LogP contribution < -0.4 is 4.90 Å². The van der Waals surface area contributed by atoms with Gasteiger partial charge in [-0.25, -0.2) is 0 Å². The minimum absolute atomic E-state index is 0.426. The van der Waals surface area contributed by atoms with E-state index < -0.39 is 0 Å². The lowest BCUT2D eigenvalue weighted by Crippen LogP contribution is -2.36. The number of nitrogens with zero attached hydrogens (tertiary/aromatic N) is 2. The molecule has 0 radical (unpaired) electrons. The molecular formula is C14H16N2O2. The fourth-order valence-electron chi connectivity index (χ4n) is 3.38. The first-order valence-electron chi connectivity index (χ1n) is 6.53. The second-order valence-corrected chi connectivity index (χ2v) is 5.46. The SMILES string of the molecule is O=CN1Cc2ccc(N3C[C@@H]4C[C@H]3CO4)cc2C1. The van der Waals surface area contributed by atoms with Crippen LogP contribution in [0.15, 0.2) is 18.2 Å². The van der Waals surface area contributed by atoms with E-state index in [0.29, 0.717) is 12.1 Å². The summed E-state index contributed by atoms with van der Waals surface area (Å²) < 4.78 is 5.63. The third-order valence-corrected chi connectivity index (χ3v) is 4.32. The zero-order valence-electron chi connectivity index (χ0n) is 10.2. The van der Waals surface area contributed by atoms with E-state index in [0.717, 1.165) is 39.1 Å². The van der Waals surface area contributed by atoms with Crippen LogP contribution in [0, 0.1) is 0 Å². The van der Waals surface area contributed by atoms with Gasteiger partial charge in [-0.15, -0.1) is 0 Å². The van der Waals surface area contributed by atoms with E-state index >= 15 is 0 Å². The van der Waals surface area contributed by atoms with Crippen molar-refractivity contribution in [3.8, 4) is 0 Å². The highest BCUT2D eigenvalue weighted by atomic mass is 16.5. The number of hydrogen-bond donors (Lipinski definition) is 0. The number of benzene rings is 1. The Balaban J connectivity index is 1.62. The van der Waals surface area contributed by atoms with Crippen molar-refractivity contribution in [3.05, 3.63) is 29.3 Å². The molecule has 2 atom stereocenters. The first kappa shape index (κ1) is 10.4. The maximum absolute atomic E-state index is 10.8. The van der Waals surface area contributed by atoms with Gasteiger partial charge in [-0.05, 0) is 29.7 Å². The van der Waals surface area contributed by atoms with Crippen molar-refractivity contribution in [3.63, 3.8) is 0 Å². The Kier molecular flexibility index (Phi) is 2.14. The lowest BCUT2D eigenvalue weighted by Gasteiger charge is -2.29. The number of carbonyl (C=O) groups excluding carboxylic acids is 1. The molecule has 2 bridgehead atoms. The normalized spacial score (nSPS) is 28.9. The van der Waals surface area contributed by atoms with Gasteiger partial charge in [0.15, 0.2) is 0 Å². The average Bonchev–Trinajstić information content (AvgIpc) is 3.11. The molecule has 4 rings (SSSR count). The Bertz CT molecular complexity index is 503. The lowest BCUT2D eigenvalue weighted by molar-refractivity contribution is -0.118. The molecular weight excluding hydrogens is 228 g/mol. The van der Waals surface area contributed by atoms with Gasteiger partial charge in [0.05, 0.1) is 18.8 Å². The molecule has 0 N–H and O–H groups in total. The van der Waals surface area contributed by atoms with E-state index in [9.17, 15) is 4.79 Å². The Morgan fingerprint density at radius 1 is 1.28 bits per heavy atom. The fourth-order valence-corrected chi connectivity index (χ4v) is 3.38. The van der Waals surface area contributed by atoms with Crippen LogP contribution in [0.25, 0.3) is 0 Å². The Hall–Kier alpha value is -1.55. The fraction of sp³-hybridized carbons (Fsp3) is 0.500. The highest BCUT2D eigenvalue weighted by Gasteiger charge is 2.39. The van der Waals surface area contributed by atoms with Gasteiger partial charge in [-0.3, -0.25) is 4.79 Å².